The molecule has 2 rings (SSSR count). The first-order valence-corrected chi connectivity index (χ1v) is 9.10. The molecule has 1 unspecified atom stereocenters. The van der Waals surface area contributed by atoms with E-state index in [9.17, 15) is 4.79 Å². The molecule has 1 aromatic rings. The van der Waals surface area contributed by atoms with Crippen LogP contribution in [0.15, 0.2) is 5.38 Å². The van der Waals surface area contributed by atoms with Gasteiger partial charge in [0.2, 0.25) is 0 Å². The third kappa shape index (κ3) is 5.18. The van der Waals surface area contributed by atoms with E-state index in [0.29, 0.717) is 5.92 Å². The number of carbonyl (C=O) groups excluding carboxylic acids is 1. The minimum atomic E-state index is -0.432. The van der Waals surface area contributed by atoms with Gasteiger partial charge in [0.25, 0.3) is 0 Å². The van der Waals surface area contributed by atoms with Crippen molar-refractivity contribution in [3.05, 3.63) is 16.1 Å². The number of rotatable bonds is 4. The zero-order chi connectivity index (χ0) is 17.3. The SMILES string of the molecule is Cc1csc(C(C)(C)NCC2CCN(C(=O)OC(C)(C)C)C2)n1. The van der Waals surface area contributed by atoms with Crippen LogP contribution in [0.4, 0.5) is 4.79 Å². The van der Waals surface area contributed by atoms with Crippen molar-refractivity contribution in [3.8, 4) is 0 Å². The van der Waals surface area contributed by atoms with Gasteiger partial charge in [-0.05, 0) is 53.9 Å². The lowest BCUT2D eigenvalue weighted by Crippen LogP contribution is -2.41. The number of amides is 1. The van der Waals surface area contributed by atoms with Gasteiger partial charge in [-0.25, -0.2) is 9.78 Å². The summed E-state index contributed by atoms with van der Waals surface area (Å²) in [5.74, 6) is 0.461. The van der Waals surface area contributed by atoms with Crippen molar-refractivity contribution < 1.29 is 9.53 Å². The van der Waals surface area contributed by atoms with Crippen LogP contribution in [0.25, 0.3) is 0 Å². The summed E-state index contributed by atoms with van der Waals surface area (Å²) in [6, 6.07) is 0. The highest BCUT2D eigenvalue weighted by Gasteiger charge is 2.31. The summed E-state index contributed by atoms with van der Waals surface area (Å²) in [7, 11) is 0. The number of carbonyl (C=O) groups is 1. The second kappa shape index (κ2) is 6.77. The van der Waals surface area contributed by atoms with Gasteiger partial charge in [-0.3, -0.25) is 0 Å². The van der Waals surface area contributed by atoms with Crippen LogP contribution >= 0.6 is 11.3 Å². The van der Waals surface area contributed by atoms with Crippen LogP contribution < -0.4 is 5.32 Å². The second-order valence-corrected chi connectivity index (χ2v) is 8.74. The zero-order valence-electron chi connectivity index (χ0n) is 15.1. The maximum Gasteiger partial charge on any atom is 0.410 e. The van der Waals surface area contributed by atoms with E-state index in [1.807, 2.05) is 32.6 Å². The normalized spacial score (nSPS) is 19.2. The van der Waals surface area contributed by atoms with Gasteiger partial charge in [-0.1, -0.05) is 0 Å². The molecule has 1 saturated heterocycles. The summed E-state index contributed by atoms with van der Waals surface area (Å²) in [5.41, 5.74) is 0.493. The Balaban J connectivity index is 1.83. The first-order chi connectivity index (χ1) is 10.6. The molecule has 130 valence electrons. The van der Waals surface area contributed by atoms with Crippen molar-refractivity contribution in [2.24, 2.45) is 5.92 Å². The van der Waals surface area contributed by atoms with Gasteiger partial charge in [-0.15, -0.1) is 11.3 Å². The molecular formula is C17H29N3O2S. The second-order valence-electron chi connectivity index (χ2n) is 7.88. The van der Waals surface area contributed by atoms with Crippen LogP contribution in [-0.2, 0) is 10.3 Å². The molecule has 0 spiro atoms. The molecule has 1 N–H and O–H groups in total. The highest BCUT2D eigenvalue weighted by Crippen LogP contribution is 2.25. The Morgan fingerprint density at radius 2 is 2.13 bits per heavy atom. The quantitative estimate of drug-likeness (QED) is 0.912. The smallest absolute Gasteiger partial charge is 0.410 e. The molecule has 23 heavy (non-hydrogen) atoms. The highest BCUT2D eigenvalue weighted by atomic mass is 32.1. The average Bonchev–Trinajstić information content (AvgIpc) is 3.03. The molecule has 0 aliphatic carbocycles. The van der Waals surface area contributed by atoms with Crippen LogP contribution in [0.5, 0.6) is 0 Å². The maximum absolute atomic E-state index is 12.1. The number of thiazole rings is 1. The fourth-order valence-electron chi connectivity index (χ4n) is 2.61. The predicted molar refractivity (Wildman–Crippen MR) is 93.8 cm³/mol. The highest BCUT2D eigenvalue weighted by molar-refractivity contribution is 7.09. The van der Waals surface area contributed by atoms with Crippen molar-refractivity contribution in [2.75, 3.05) is 19.6 Å². The van der Waals surface area contributed by atoms with E-state index in [1.54, 1.807) is 11.3 Å². The Morgan fingerprint density at radius 3 is 2.70 bits per heavy atom. The minimum absolute atomic E-state index is 0.141. The molecule has 1 amide bonds. The number of ether oxygens (including phenoxy) is 1. The fourth-order valence-corrected chi connectivity index (χ4v) is 3.51. The van der Waals surface area contributed by atoms with Crippen LogP contribution in [0.1, 0.15) is 51.7 Å². The maximum atomic E-state index is 12.1. The van der Waals surface area contributed by atoms with Gasteiger partial charge in [0.15, 0.2) is 0 Å². The number of hydrogen-bond acceptors (Lipinski definition) is 5. The third-order valence-electron chi connectivity index (χ3n) is 3.92. The van der Waals surface area contributed by atoms with Crippen molar-refractivity contribution in [1.82, 2.24) is 15.2 Å². The van der Waals surface area contributed by atoms with E-state index in [2.05, 4.69) is 29.5 Å². The van der Waals surface area contributed by atoms with Crippen molar-refractivity contribution in [1.29, 1.82) is 0 Å². The number of hydrogen-bond donors (Lipinski definition) is 1. The van der Waals surface area contributed by atoms with Gasteiger partial charge in [0, 0.05) is 30.7 Å². The monoisotopic (exact) mass is 339 g/mol. The molecule has 6 heteroatoms. The molecule has 1 fully saturated rings. The van der Waals surface area contributed by atoms with Crippen LogP contribution in [0, 0.1) is 12.8 Å². The summed E-state index contributed by atoms with van der Waals surface area (Å²) in [4.78, 5) is 18.5. The van der Waals surface area contributed by atoms with Gasteiger partial charge in [-0.2, -0.15) is 0 Å². The Hall–Kier alpha value is -1.14. The average molecular weight is 340 g/mol. The van der Waals surface area contributed by atoms with Crippen LogP contribution in [0.2, 0.25) is 0 Å². The molecule has 0 radical (unpaired) electrons. The number of aryl methyl sites for hydroxylation is 1. The van der Waals surface area contributed by atoms with Crippen LogP contribution in [-0.4, -0.2) is 41.2 Å². The predicted octanol–water partition coefficient (Wildman–Crippen LogP) is 3.53. The van der Waals surface area contributed by atoms with Crippen LogP contribution in [0.3, 0.4) is 0 Å². The Bertz CT molecular complexity index is 548. The minimum Gasteiger partial charge on any atom is -0.444 e. The Kier molecular flexibility index (Phi) is 5.36. The van der Waals surface area contributed by atoms with E-state index in [1.165, 1.54) is 0 Å². The largest absolute Gasteiger partial charge is 0.444 e. The third-order valence-corrected chi connectivity index (χ3v) is 5.21. The molecule has 0 aromatic carbocycles. The Morgan fingerprint density at radius 1 is 1.43 bits per heavy atom. The lowest BCUT2D eigenvalue weighted by Gasteiger charge is -2.26. The first kappa shape index (κ1) is 18.2. The summed E-state index contributed by atoms with van der Waals surface area (Å²) < 4.78 is 5.45. The van der Waals surface area contributed by atoms with E-state index < -0.39 is 5.60 Å². The van der Waals surface area contributed by atoms with E-state index >= 15 is 0 Å². The first-order valence-electron chi connectivity index (χ1n) is 8.22. The molecule has 5 nitrogen and oxygen atoms in total. The topological polar surface area (TPSA) is 54.5 Å². The molecule has 1 aliphatic rings. The summed E-state index contributed by atoms with van der Waals surface area (Å²) in [6.07, 6.45) is 0.814. The number of nitrogens with one attached hydrogen (secondary N) is 1. The molecule has 1 aromatic heterocycles. The van der Waals surface area contributed by atoms with Gasteiger partial charge in [0.1, 0.15) is 10.6 Å². The summed E-state index contributed by atoms with van der Waals surface area (Å²) >= 11 is 1.69. The van der Waals surface area contributed by atoms with Crippen molar-refractivity contribution >= 4 is 17.4 Å². The summed E-state index contributed by atoms with van der Waals surface area (Å²) in [6.45, 7) is 14.5. The van der Waals surface area contributed by atoms with Gasteiger partial charge < -0.3 is 15.0 Å². The van der Waals surface area contributed by atoms with Crippen molar-refractivity contribution in [3.63, 3.8) is 0 Å². The Labute approximate surface area is 143 Å². The van der Waals surface area contributed by atoms with Gasteiger partial charge >= 0.3 is 6.09 Å². The molecule has 1 aliphatic heterocycles. The van der Waals surface area contributed by atoms with E-state index in [-0.39, 0.29) is 11.6 Å². The zero-order valence-corrected chi connectivity index (χ0v) is 15.9. The molecule has 0 saturated carbocycles. The molecule has 0 bridgehead atoms. The fraction of sp³-hybridized carbons (Fsp3) is 0.765. The number of likely N-dealkylation sites (tertiary alicyclic amines) is 1. The lowest BCUT2D eigenvalue weighted by atomic mass is 10.0. The number of aromatic nitrogens is 1. The standard InChI is InChI=1S/C17H29N3O2S/c1-12-11-23-14(19-12)17(5,6)18-9-13-7-8-20(10-13)15(21)22-16(2,3)4/h11,13,18H,7-10H2,1-6H3. The molecular weight excluding hydrogens is 310 g/mol. The van der Waals surface area contributed by atoms with Gasteiger partial charge in [0.05, 0.1) is 5.54 Å². The van der Waals surface area contributed by atoms with E-state index in [0.717, 1.165) is 36.8 Å². The van der Waals surface area contributed by atoms with Crippen molar-refractivity contribution in [2.45, 2.75) is 59.1 Å². The van der Waals surface area contributed by atoms with E-state index in [4.69, 9.17) is 4.74 Å². The lowest BCUT2D eigenvalue weighted by molar-refractivity contribution is 0.0288. The molecule has 1 atom stereocenters. The molecule has 2 heterocycles. The summed E-state index contributed by atoms with van der Waals surface area (Å²) in [5, 5.41) is 6.80. The number of nitrogens with zero attached hydrogens (tertiary/aromatic N) is 2.